The molecule has 0 bridgehead atoms. The minimum absolute atomic E-state index is 0.0126. The first-order valence-corrected chi connectivity index (χ1v) is 1.62. The first-order chi connectivity index (χ1) is 3.41. The smallest absolute Gasteiger partial charge is 0.311 e. The first-order valence-electron chi connectivity index (χ1n) is 1.62. The van der Waals surface area contributed by atoms with Gasteiger partial charge in [-0.05, 0) is 0 Å². The van der Waals surface area contributed by atoms with Crippen LogP contribution in [0.5, 0.6) is 0 Å². The van der Waals surface area contributed by atoms with Crippen LogP contribution >= 0.6 is 0 Å². The van der Waals surface area contributed by atoms with Gasteiger partial charge in [-0.25, -0.2) is 0 Å². The van der Waals surface area contributed by atoms with Gasteiger partial charge in [0.2, 0.25) is 0 Å². The van der Waals surface area contributed by atoms with E-state index in [-0.39, 0.29) is 13.1 Å². The summed E-state index contributed by atoms with van der Waals surface area (Å²) in [5, 5.41) is 6.34. The molecule has 7 heavy (non-hydrogen) atoms. The minimum atomic E-state index is 0.0126. The molecule has 0 heterocycles. The molecule has 0 aromatic heterocycles. The maximum atomic E-state index is 9.26. The van der Waals surface area contributed by atoms with E-state index < -0.39 is 0 Å². The van der Waals surface area contributed by atoms with Gasteiger partial charge in [0, 0.05) is 6.21 Å². The van der Waals surface area contributed by atoms with E-state index >= 15 is 0 Å². The summed E-state index contributed by atoms with van der Waals surface area (Å²) in [5.41, 5.74) is 0. The molecular weight excluding hydrogens is 98.0 g/mol. The zero-order chi connectivity index (χ0) is 5.54. The Morgan fingerprint density at radius 2 is 2.43 bits per heavy atom. The second-order valence-corrected chi connectivity index (χ2v) is 0.681. The molecule has 0 unspecified atom stereocenters. The van der Waals surface area contributed by atoms with Crippen LogP contribution in [0.3, 0.4) is 0 Å². The zero-order valence-electron chi connectivity index (χ0n) is 3.59. The van der Waals surface area contributed by atoms with Crippen molar-refractivity contribution >= 4 is 12.7 Å². The van der Waals surface area contributed by atoms with Gasteiger partial charge >= 0.3 is 6.47 Å². The zero-order valence-corrected chi connectivity index (χ0v) is 3.59. The molecule has 0 aromatic rings. The van der Waals surface area contributed by atoms with Crippen molar-refractivity contribution in [3.05, 3.63) is 0 Å². The molecule has 0 fully saturated rings. The lowest BCUT2D eigenvalue weighted by Gasteiger charge is -1.87. The van der Waals surface area contributed by atoms with Gasteiger partial charge in [0.25, 0.3) is 0 Å². The Hall–Kier alpha value is -0.900. The molecule has 40 valence electrons. The molecule has 0 aliphatic rings. The Kier molecular flexibility index (Phi) is 4.44. The second-order valence-electron chi connectivity index (χ2n) is 0.681. The van der Waals surface area contributed by atoms with Gasteiger partial charge < -0.3 is 10.3 Å². The maximum Gasteiger partial charge on any atom is 0.330 e. The van der Waals surface area contributed by atoms with Crippen molar-refractivity contribution in [1.82, 2.24) is 0 Å². The molecule has 4 heteroatoms. The molecule has 4 nitrogen and oxygen atoms in total. The van der Waals surface area contributed by atoms with Crippen LogP contribution in [0.4, 0.5) is 0 Å². The highest BCUT2D eigenvalue weighted by Crippen LogP contribution is 1.65. The highest BCUT2D eigenvalue weighted by atomic mass is 17.2. The number of hydrogen-bond acceptors (Lipinski definition) is 4. The predicted molar refractivity (Wildman–Crippen MR) is 21.9 cm³/mol. The monoisotopic (exact) mass is 103 g/mol. The van der Waals surface area contributed by atoms with E-state index in [1.807, 2.05) is 0 Å². The Bertz CT molecular complexity index is 55.2. The van der Waals surface area contributed by atoms with Crippen LogP contribution < -0.4 is 0 Å². The van der Waals surface area contributed by atoms with Crippen molar-refractivity contribution in [1.29, 1.82) is 5.41 Å². The Morgan fingerprint density at radius 3 is 2.86 bits per heavy atom. The van der Waals surface area contributed by atoms with E-state index in [9.17, 15) is 4.79 Å². The molecule has 0 radical (unpaired) electrons. The maximum absolute atomic E-state index is 9.26. The number of carbonyl (C=O) groups excluding carboxylic acids is 1. The predicted octanol–water partition coefficient (Wildman–Crippen LogP) is -0.259. The van der Waals surface area contributed by atoms with E-state index in [1.165, 1.54) is 0 Å². The molecule has 0 rings (SSSR count). The third-order valence-electron chi connectivity index (χ3n) is 0.259. The molecule has 0 atom stereocenters. The van der Waals surface area contributed by atoms with Crippen LogP contribution in [-0.2, 0) is 14.6 Å². The topological polar surface area (TPSA) is 59.4 Å². The van der Waals surface area contributed by atoms with Crippen LogP contribution in [0.1, 0.15) is 0 Å². The van der Waals surface area contributed by atoms with Crippen molar-refractivity contribution in [2.75, 3.05) is 6.61 Å². The fourth-order valence-corrected chi connectivity index (χ4v) is 0.101. The molecule has 1 N–H and O–H groups in total. The minimum Gasteiger partial charge on any atom is -0.311 e. The lowest BCUT2D eigenvalue weighted by Crippen LogP contribution is -1.93. The lowest BCUT2D eigenvalue weighted by molar-refractivity contribution is -0.248. The van der Waals surface area contributed by atoms with Crippen LogP contribution in [0.25, 0.3) is 0 Å². The SMILES string of the molecule is N=CCOOC=O. The van der Waals surface area contributed by atoms with Crippen LogP contribution in [-0.4, -0.2) is 19.3 Å². The number of carbonyl (C=O) groups is 1. The van der Waals surface area contributed by atoms with Gasteiger partial charge in [0.15, 0.2) is 0 Å². The molecule has 0 aliphatic heterocycles. The van der Waals surface area contributed by atoms with E-state index in [2.05, 4.69) is 9.78 Å². The van der Waals surface area contributed by atoms with Crippen LogP contribution in [0.15, 0.2) is 0 Å². The van der Waals surface area contributed by atoms with Crippen molar-refractivity contribution in [2.24, 2.45) is 0 Å². The summed E-state index contributed by atoms with van der Waals surface area (Å²) in [7, 11) is 0. The third-order valence-corrected chi connectivity index (χ3v) is 0.259. The van der Waals surface area contributed by atoms with Crippen LogP contribution in [0, 0.1) is 5.41 Å². The molecule has 0 saturated carbocycles. The number of rotatable bonds is 4. The van der Waals surface area contributed by atoms with E-state index in [4.69, 9.17) is 5.41 Å². The van der Waals surface area contributed by atoms with Gasteiger partial charge in [-0.15, -0.1) is 0 Å². The summed E-state index contributed by atoms with van der Waals surface area (Å²) in [5.74, 6) is 0. The van der Waals surface area contributed by atoms with Gasteiger partial charge in [-0.2, -0.15) is 4.89 Å². The highest BCUT2D eigenvalue weighted by molar-refractivity contribution is 5.54. The molecule has 0 spiro atoms. The quantitative estimate of drug-likeness (QED) is 0.175. The van der Waals surface area contributed by atoms with Gasteiger partial charge in [0.1, 0.15) is 6.61 Å². The summed E-state index contributed by atoms with van der Waals surface area (Å²) in [6.07, 6.45) is 0.976. The van der Waals surface area contributed by atoms with Crippen molar-refractivity contribution in [3.63, 3.8) is 0 Å². The van der Waals surface area contributed by atoms with E-state index in [0.717, 1.165) is 6.21 Å². The molecule has 0 aromatic carbocycles. The van der Waals surface area contributed by atoms with E-state index in [0.29, 0.717) is 0 Å². The van der Waals surface area contributed by atoms with Crippen LogP contribution in [0.2, 0.25) is 0 Å². The second kappa shape index (κ2) is 5.10. The summed E-state index contributed by atoms with van der Waals surface area (Å²) >= 11 is 0. The largest absolute Gasteiger partial charge is 0.330 e. The number of nitrogens with one attached hydrogen (secondary N) is 1. The van der Waals surface area contributed by atoms with Crippen molar-refractivity contribution < 1.29 is 14.6 Å². The molecule has 0 amide bonds. The van der Waals surface area contributed by atoms with Gasteiger partial charge in [-0.1, -0.05) is 0 Å². The fraction of sp³-hybridized carbons (Fsp3) is 0.333. The van der Waals surface area contributed by atoms with Crippen molar-refractivity contribution in [2.45, 2.75) is 0 Å². The average Bonchev–Trinajstić information content (AvgIpc) is 1.69. The fourth-order valence-electron chi connectivity index (χ4n) is 0.101. The summed E-state index contributed by atoms with van der Waals surface area (Å²) in [6, 6.07) is 0. The lowest BCUT2D eigenvalue weighted by atomic mass is 10.8. The summed E-state index contributed by atoms with van der Waals surface area (Å²) in [4.78, 5) is 17.0. The standard InChI is InChI=1S/C3H5NO3/c4-1-2-6-7-3-5/h1,3-4H,2H2. The number of hydrogen-bond donors (Lipinski definition) is 1. The Balaban J connectivity index is 2.68. The highest BCUT2D eigenvalue weighted by Gasteiger charge is 1.74. The van der Waals surface area contributed by atoms with Crippen molar-refractivity contribution in [3.8, 4) is 0 Å². The van der Waals surface area contributed by atoms with Gasteiger partial charge in [-0.3, -0.25) is 4.79 Å². The molecule has 0 aliphatic carbocycles. The Morgan fingerprint density at radius 1 is 1.71 bits per heavy atom. The third kappa shape index (κ3) is 5.10. The van der Waals surface area contributed by atoms with Gasteiger partial charge in [0.05, 0.1) is 0 Å². The molecular formula is C3H5NO3. The molecule has 0 saturated heterocycles. The first kappa shape index (κ1) is 6.10. The summed E-state index contributed by atoms with van der Waals surface area (Å²) < 4.78 is 0. The summed E-state index contributed by atoms with van der Waals surface area (Å²) in [6.45, 7) is 0.169. The Labute approximate surface area is 40.5 Å². The van der Waals surface area contributed by atoms with E-state index in [1.54, 1.807) is 0 Å². The average molecular weight is 103 g/mol. The normalized spacial score (nSPS) is 7.43.